The Morgan fingerprint density at radius 1 is 1.14 bits per heavy atom. The van der Waals surface area contributed by atoms with Crippen LogP contribution in [0.4, 0.5) is 10.1 Å². The van der Waals surface area contributed by atoms with E-state index in [1.807, 2.05) is 32.2 Å². The number of hydrogen-bond donors (Lipinski definition) is 1. The van der Waals surface area contributed by atoms with Gasteiger partial charge in [-0.15, -0.1) is 0 Å². The molecule has 156 valence electrons. The molecule has 0 aliphatic rings. The van der Waals surface area contributed by atoms with Gasteiger partial charge in [0.1, 0.15) is 5.82 Å². The van der Waals surface area contributed by atoms with Crippen LogP contribution in [-0.4, -0.2) is 24.5 Å². The molecule has 6 heteroatoms. The molecule has 1 amide bonds. The number of pyridine rings is 1. The van der Waals surface area contributed by atoms with Gasteiger partial charge in [-0.25, -0.2) is 4.39 Å². The summed E-state index contributed by atoms with van der Waals surface area (Å²) in [5, 5.41) is 0.798. The van der Waals surface area contributed by atoms with Crippen LogP contribution in [0.2, 0.25) is 5.02 Å². The lowest BCUT2D eigenvalue weighted by atomic mass is 10.1. The maximum Gasteiger partial charge on any atom is 0.204 e. The maximum atomic E-state index is 12.5. The van der Waals surface area contributed by atoms with Crippen molar-refractivity contribution in [1.82, 2.24) is 4.98 Å². The van der Waals surface area contributed by atoms with Crippen molar-refractivity contribution in [2.24, 2.45) is 5.73 Å². The Morgan fingerprint density at radius 3 is 2.29 bits per heavy atom. The zero-order chi connectivity index (χ0) is 21.5. The SMILES string of the molecule is CCCCN(CCC)c1ccnc(C)c1Cl.Cc1ccc(F)c(C)c1.NC=O. The molecular formula is C22H33ClFN3O. The zero-order valence-corrected chi connectivity index (χ0v) is 18.4. The van der Waals surface area contributed by atoms with Crippen LogP contribution < -0.4 is 10.6 Å². The fourth-order valence-electron chi connectivity index (χ4n) is 2.55. The normalized spacial score (nSPS) is 9.54. The van der Waals surface area contributed by atoms with E-state index in [4.69, 9.17) is 16.4 Å². The lowest BCUT2D eigenvalue weighted by molar-refractivity contribution is -0.106. The minimum atomic E-state index is -0.124. The molecule has 1 aromatic carbocycles. The average molecular weight is 410 g/mol. The molecule has 0 bridgehead atoms. The van der Waals surface area contributed by atoms with E-state index < -0.39 is 0 Å². The number of primary amides is 1. The number of nitrogens with two attached hydrogens (primary N) is 1. The Kier molecular flexibility index (Phi) is 13.7. The van der Waals surface area contributed by atoms with Crippen LogP contribution in [0.1, 0.15) is 49.9 Å². The fraction of sp³-hybridized carbons (Fsp3) is 0.455. The third-order valence-electron chi connectivity index (χ3n) is 3.97. The molecule has 0 fully saturated rings. The third kappa shape index (κ3) is 9.70. The summed E-state index contributed by atoms with van der Waals surface area (Å²) in [6, 6.07) is 7.10. The molecule has 1 heterocycles. The number of aromatic nitrogens is 1. The van der Waals surface area contributed by atoms with E-state index in [2.05, 4.69) is 29.5 Å². The number of amides is 1. The Hall–Kier alpha value is -2.14. The number of hydrogen-bond acceptors (Lipinski definition) is 3. The van der Waals surface area contributed by atoms with Gasteiger partial charge in [0.2, 0.25) is 6.41 Å². The molecule has 28 heavy (non-hydrogen) atoms. The Bertz CT molecular complexity index is 710. The quantitative estimate of drug-likeness (QED) is 0.631. The van der Waals surface area contributed by atoms with E-state index >= 15 is 0 Å². The van der Waals surface area contributed by atoms with Gasteiger partial charge in [-0.2, -0.15) is 0 Å². The Balaban J connectivity index is 0.000000509. The van der Waals surface area contributed by atoms with E-state index in [-0.39, 0.29) is 12.2 Å². The van der Waals surface area contributed by atoms with Gasteiger partial charge in [0.15, 0.2) is 0 Å². The maximum absolute atomic E-state index is 12.5. The van der Waals surface area contributed by atoms with Crippen LogP contribution in [-0.2, 0) is 4.79 Å². The molecule has 0 aliphatic heterocycles. The van der Waals surface area contributed by atoms with Crippen LogP contribution in [0.15, 0.2) is 30.5 Å². The van der Waals surface area contributed by atoms with Crippen LogP contribution in [0.5, 0.6) is 0 Å². The lowest BCUT2D eigenvalue weighted by Crippen LogP contribution is -2.25. The van der Waals surface area contributed by atoms with Crippen molar-refractivity contribution in [3.63, 3.8) is 0 Å². The summed E-state index contributed by atoms with van der Waals surface area (Å²) in [6.07, 6.45) is 5.65. The predicted octanol–water partition coefficient (Wildman–Crippen LogP) is 5.60. The number of benzene rings is 1. The Morgan fingerprint density at radius 2 is 1.79 bits per heavy atom. The fourth-order valence-corrected chi connectivity index (χ4v) is 2.78. The standard InChI is InChI=1S/C13H21ClN2.C8H9F.CH3NO/c1-4-6-10-16(9-5-2)12-7-8-15-11(3)13(12)14;1-6-3-4-8(9)7(2)5-6;2-1-3/h7-8H,4-6,9-10H2,1-3H3;3-5H,1-2H3;1H,(H2,2,3). The van der Waals surface area contributed by atoms with E-state index in [9.17, 15) is 4.39 Å². The molecule has 0 unspecified atom stereocenters. The minimum Gasteiger partial charge on any atom is -0.372 e. The summed E-state index contributed by atoms with van der Waals surface area (Å²) in [4.78, 5) is 15.1. The zero-order valence-electron chi connectivity index (χ0n) is 17.6. The van der Waals surface area contributed by atoms with Gasteiger partial charge < -0.3 is 10.6 Å². The molecule has 0 atom stereocenters. The van der Waals surface area contributed by atoms with Crippen molar-refractivity contribution >= 4 is 23.7 Å². The van der Waals surface area contributed by atoms with Crippen LogP contribution in [0.3, 0.4) is 0 Å². The monoisotopic (exact) mass is 409 g/mol. The van der Waals surface area contributed by atoms with Crippen molar-refractivity contribution in [3.8, 4) is 0 Å². The molecule has 0 spiro atoms. The summed E-state index contributed by atoms with van der Waals surface area (Å²) < 4.78 is 12.5. The minimum absolute atomic E-state index is 0.124. The van der Waals surface area contributed by atoms with Gasteiger partial charge in [-0.3, -0.25) is 9.78 Å². The number of nitrogens with zero attached hydrogens (tertiary/aromatic N) is 2. The smallest absolute Gasteiger partial charge is 0.204 e. The average Bonchev–Trinajstić information content (AvgIpc) is 2.66. The summed E-state index contributed by atoms with van der Waals surface area (Å²) in [5.41, 5.74) is 8.03. The molecule has 0 saturated heterocycles. The summed E-state index contributed by atoms with van der Waals surface area (Å²) >= 11 is 6.30. The molecule has 4 nitrogen and oxygen atoms in total. The highest BCUT2D eigenvalue weighted by Gasteiger charge is 2.10. The Labute approximate surface area is 173 Å². The van der Waals surface area contributed by atoms with Crippen LogP contribution in [0, 0.1) is 26.6 Å². The molecule has 0 radical (unpaired) electrons. The van der Waals surface area contributed by atoms with Crippen molar-refractivity contribution in [2.75, 3.05) is 18.0 Å². The van der Waals surface area contributed by atoms with Crippen molar-refractivity contribution in [3.05, 3.63) is 58.1 Å². The highest BCUT2D eigenvalue weighted by molar-refractivity contribution is 6.33. The highest BCUT2D eigenvalue weighted by Crippen LogP contribution is 2.27. The molecular weight excluding hydrogens is 377 g/mol. The number of halogens is 2. The van der Waals surface area contributed by atoms with E-state index in [1.165, 1.54) is 18.9 Å². The second kappa shape index (κ2) is 14.9. The highest BCUT2D eigenvalue weighted by atomic mass is 35.5. The second-order valence-corrected chi connectivity index (χ2v) is 6.84. The van der Waals surface area contributed by atoms with Crippen LogP contribution in [0.25, 0.3) is 0 Å². The summed E-state index contributed by atoms with van der Waals surface area (Å²) in [6.45, 7) is 12.2. The molecule has 2 rings (SSSR count). The van der Waals surface area contributed by atoms with Crippen molar-refractivity contribution < 1.29 is 9.18 Å². The topological polar surface area (TPSA) is 59.2 Å². The summed E-state index contributed by atoms with van der Waals surface area (Å²) in [7, 11) is 0. The molecule has 0 saturated carbocycles. The van der Waals surface area contributed by atoms with Gasteiger partial charge >= 0.3 is 0 Å². The number of aryl methyl sites for hydroxylation is 3. The predicted molar refractivity (Wildman–Crippen MR) is 118 cm³/mol. The van der Waals surface area contributed by atoms with Gasteiger partial charge in [0.05, 0.1) is 16.4 Å². The molecule has 1 aromatic heterocycles. The molecule has 2 N–H and O–H groups in total. The van der Waals surface area contributed by atoms with E-state index in [0.29, 0.717) is 0 Å². The lowest BCUT2D eigenvalue weighted by Gasteiger charge is -2.25. The first-order valence-corrected chi connectivity index (χ1v) is 9.94. The number of anilines is 1. The van der Waals surface area contributed by atoms with Gasteiger partial charge in [-0.1, -0.05) is 49.6 Å². The molecule has 2 aromatic rings. The van der Waals surface area contributed by atoms with Gasteiger partial charge in [-0.05, 0) is 51.3 Å². The largest absolute Gasteiger partial charge is 0.372 e. The van der Waals surface area contributed by atoms with Crippen molar-refractivity contribution in [2.45, 2.75) is 53.9 Å². The van der Waals surface area contributed by atoms with Crippen LogP contribution >= 0.6 is 11.6 Å². The third-order valence-corrected chi connectivity index (χ3v) is 4.44. The summed E-state index contributed by atoms with van der Waals surface area (Å²) in [5.74, 6) is -0.124. The number of unbranched alkanes of at least 4 members (excludes halogenated alkanes) is 1. The first-order valence-electron chi connectivity index (χ1n) is 9.56. The van der Waals surface area contributed by atoms with Gasteiger partial charge in [0.25, 0.3) is 0 Å². The molecule has 0 aliphatic carbocycles. The second-order valence-electron chi connectivity index (χ2n) is 6.46. The van der Waals surface area contributed by atoms with E-state index in [0.717, 1.165) is 47.0 Å². The number of rotatable bonds is 6. The first-order chi connectivity index (χ1) is 13.3. The first kappa shape index (κ1) is 25.9. The number of carbonyl (C=O) groups excluding carboxylic acids is 1. The van der Waals surface area contributed by atoms with E-state index in [1.54, 1.807) is 13.0 Å². The van der Waals surface area contributed by atoms with Crippen molar-refractivity contribution in [1.29, 1.82) is 0 Å². The number of carbonyl (C=O) groups is 1. The van der Waals surface area contributed by atoms with Gasteiger partial charge in [0, 0.05) is 19.3 Å².